The van der Waals surface area contributed by atoms with Gasteiger partial charge in [0.1, 0.15) is 0 Å². The van der Waals surface area contributed by atoms with Crippen LogP contribution in [0, 0.1) is 5.92 Å². The van der Waals surface area contributed by atoms with Crippen LogP contribution in [0.1, 0.15) is 26.7 Å². The Hall–Kier alpha value is 1.34. The SMILES string of the molecule is CC(C)CC/[C](=[CH]\[Sn]([CH3])([CH3])[CH3])[Sn]([CH3])([CH3])[CH3]. The molecule has 0 saturated heterocycles. The van der Waals surface area contributed by atoms with E-state index in [1.165, 1.54) is 12.8 Å². The van der Waals surface area contributed by atoms with Crippen LogP contribution in [0.2, 0.25) is 29.6 Å². The Bertz CT molecular complexity index is 214. The third kappa shape index (κ3) is 9.08. The van der Waals surface area contributed by atoms with Crippen LogP contribution in [0.25, 0.3) is 0 Å². The van der Waals surface area contributed by atoms with Crippen molar-refractivity contribution >= 4 is 36.8 Å². The summed E-state index contributed by atoms with van der Waals surface area (Å²) in [5.41, 5.74) is 0. The first-order valence-electron chi connectivity index (χ1n) is 6.24. The molecule has 0 aromatic heterocycles. The van der Waals surface area contributed by atoms with E-state index in [4.69, 9.17) is 0 Å². The molecule has 0 unspecified atom stereocenters. The van der Waals surface area contributed by atoms with Gasteiger partial charge in [-0.15, -0.1) is 0 Å². The van der Waals surface area contributed by atoms with Crippen LogP contribution in [0.5, 0.6) is 0 Å². The van der Waals surface area contributed by atoms with Crippen molar-refractivity contribution < 1.29 is 0 Å². The zero-order valence-electron chi connectivity index (χ0n) is 12.1. The molecular weight excluding hydrogens is 394 g/mol. The minimum atomic E-state index is -1.78. The van der Waals surface area contributed by atoms with Crippen LogP contribution >= 0.6 is 0 Å². The summed E-state index contributed by atoms with van der Waals surface area (Å²) in [4.78, 5) is 15.3. The van der Waals surface area contributed by atoms with Gasteiger partial charge in [-0.2, -0.15) is 0 Å². The van der Waals surface area contributed by atoms with Gasteiger partial charge < -0.3 is 0 Å². The zero-order chi connectivity index (χ0) is 12.3. The zero-order valence-corrected chi connectivity index (χ0v) is 17.8. The normalized spacial score (nSPS) is 14.9. The van der Waals surface area contributed by atoms with Gasteiger partial charge in [0, 0.05) is 0 Å². The van der Waals surface area contributed by atoms with Crippen molar-refractivity contribution in [3.8, 4) is 0 Å². The first-order valence-corrected chi connectivity index (χ1v) is 26.4. The molecule has 0 fully saturated rings. The van der Waals surface area contributed by atoms with Crippen molar-refractivity contribution in [2.45, 2.75) is 56.3 Å². The monoisotopic (exact) mass is 426 g/mol. The first-order chi connectivity index (χ1) is 6.52. The van der Waals surface area contributed by atoms with E-state index in [1.54, 1.807) is 0 Å². The van der Waals surface area contributed by atoms with E-state index in [2.05, 4.69) is 47.6 Å². The molecule has 0 radical (unpaired) electrons. The van der Waals surface area contributed by atoms with Crippen molar-refractivity contribution in [1.82, 2.24) is 0 Å². The van der Waals surface area contributed by atoms with Crippen LogP contribution in [0.3, 0.4) is 0 Å². The summed E-state index contributed by atoms with van der Waals surface area (Å²) in [5.74, 6) is 0.859. The second kappa shape index (κ2) is 6.32. The van der Waals surface area contributed by atoms with Gasteiger partial charge >= 0.3 is 107 Å². The molecule has 0 atom stereocenters. The Labute approximate surface area is 106 Å². The molecule has 0 aromatic carbocycles. The molecule has 0 aliphatic heterocycles. The van der Waals surface area contributed by atoms with Gasteiger partial charge in [-0.05, 0) is 0 Å². The van der Waals surface area contributed by atoms with Gasteiger partial charge in [0.2, 0.25) is 0 Å². The van der Waals surface area contributed by atoms with Gasteiger partial charge in [-0.1, -0.05) is 0 Å². The number of hydrogen-bond acceptors (Lipinski definition) is 0. The fourth-order valence-corrected chi connectivity index (χ4v) is 25.4. The molecule has 15 heavy (non-hydrogen) atoms. The van der Waals surface area contributed by atoms with Crippen LogP contribution in [-0.4, -0.2) is 36.8 Å². The van der Waals surface area contributed by atoms with Crippen molar-refractivity contribution in [2.24, 2.45) is 5.92 Å². The number of rotatable bonds is 5. The summed E-state index contributed by atoms with van der Waals surface area (Å²) in [6.45, 7) is 4.69. The summed E-state index contributed by atoms with van der Waals surface area (Å²) in [7, 11) is 0. The molecule has 0 rings (SSSR count). The topological polar surface area (TPSA) is 0 Å². The Kier molecular flexibility index (Phi) is 6.88. The molecule has 0 nitrogen and oxygen atoms in total. The molecule has 0 aliphatic carbocycles. The van der Waals surface area contributed by atoms with Gasteiger partial charge in [-0.25, -0.2) is 0 Å². The van der Waals surface area contributed by atoms with E-state index in [0.29, 0.717) is 0 Å². The fraction of sp³-hybridized carbons (Fsp3) is 0.846. The van der Waals surface area contributed by atoms with Crippen LogP contribution in [0.15, 0.2) is 7.68 Å². The van der Waals surface area contributed by atoms with Gasteiger partial charge in [0.25, 0.3) is 0 Å². The van der Waals surface area contributed by atoms with Crippen LogP contribution in [0.4, 0.5) is 0 Å². The average Bonchev–Trinajstić information content (AvgIpc) is 1.93. The summed E-state index contributed by atoms with van der Waals surface area (Å²) >= 11 is -3.49. The van der Waals surface area contributed by atoms with E-state index in [0.717, 1.165) is 5.92 Å². The van der Waals surface area contributed by atoms with Gasteiger partial charge in [-0.3, -0.25) is 0 Å². The molecule has 0 N–H and O–H groups in total. The Morgan fingerprint density at radius 3 is 1.73 bits per heavy atom. The third-order valence-corrected chi connectivity index (χ3v) is 15.0. The molecule has 0 aromatic rings. The van der Waals surface area contributed by atoms with Crippen LogP contribution < -0.4 is 0 Å². The van der Waals surface area contributed by atoms with E-state index >= 15 is 0 Å². The van der Waals surface area contributed by atoms with Gasteiger partial charge in [0.15, 0.2) is 0 Å². The number of allylic oxidation sites excluding steroid dienone is 1. The second-order valence-electron chi connectivity index (χ2n) is 7.22. The Balaban J connectivity index is 4.69. The molecule has 0 heterocycles. The van der Waals surface area contributed by atoms with Crippen molar-refractivity contribution in [3.63, 3.8) is 0 Å². The minimum absolute atomic E-state index is 0.859. The van der Waals surface area contributed by atoms with Gasteiger partial charge in [0.05, 0.1) is 0 Å². The van der Waals surface area contributed by atoms with E-state index in [1.807, 2.05) is 3.59 Å². The van der Waals surface area contributed by atoms with Crippen LogP contribution in [-0.2, 0) is 0 Å². The number of hydrogen-bond donors (Lipinski definition) is 0. The summed E-state index contributed by atoms with van der Waals surface area (Å²) in [5, 5.41) is 0. The molecular formula is C13H30Sn2. The second-order valence-corrected chi connectivity index (χ2v) is 36.2. The quantitative estimate of drug-likeness (QED) is 0.539. The predicted molar refractivity (Wildman–Crippen MR) is 78.8 cm³/mol. The molecule has 2 heteroatoms. The average molecular weight is 424 g/mol. The molecule has 90 valence electrons. The first kappa shape index (κ1) is 16.3. The van der Waals surface area contributed by atoms with Crippen molar-refractivity contribution in [3.05, 3.63) is 7.68 Å². The molecule has 0 aliphatic rings. The van der Waals surface area contributed by atoms with E-state index in [9.17, 15) is 0 Å². The standard InChI is InChI=1S/C7H12.6CH3.2Sn/c1-4-5-6-7(2)3;;;;;;;;/h1,7H,5-6H2,2-3H3;6*1H3;;. The third-order valence-electron chi connectivity index (χ3n) is 2.56. The maximum atomic E-state index is 2.77. The molecule has 0 saturated carbocycles. The Morgan fingerprint density at radius 1 is 1.00 bits per heavy atom. The maximum absolute atomic E-state index is 2.77. The fourth-order valence-electron chi connectivity index (χ4n) is 1.63. The van der Waals surface area contributed by atoms with Crippen molar-refractivity contribution in [1.29, 1.82) is 0 Å². The van der Waals surface area contributed by atoms with Crippen molar-refractivity contribution in [2.75, 3.05) is 0 Å². The predicted octanol–water partition coefficient (Wildman–Crippen LogP) is 5.10. The Morgan fingerprint density at radius 2 is 1.47 bits per heavy atom. The summed E-state index contributed by atoms with van der Waals surface area (Å²) < 4.78 is 4.69. The summed E-state index contributed by atoms with van der Waals surface area (Å²) in [6, 6.07) is 0. The molecule has 0 amide bonds. The summed E-state index contributed by atoms with van der Waals surface area (Å²) in [6.07, 6.45) is 2.79. The molecule has 0 bridgehead atoms. The van der Waals surface area contributed by atoms with E-state index in [-0.39, 0.29) is 0 Å². The molecule has 0 spiro atoms. The van der Waals surface area contributed by atoms with E-state index < -0.39 is 36.8 Å².